The van der Waals surface area contributed by atoms with Crippen molar-refractivity contribution in [3.05, 3.63) is 23.3 Å². The lowest BCUT2D eigenvalue weighted by Gasteiger charge is -2.59. The van der Waals surface area contributed by atoms with Crippen molar-refractivity contribution in [3.63, 3.8) is 0 Å². The summed E-state index contributed by atoms with van der Waals surface area (Å²) in [6.07, 6.45) is 6.47. The molecule has 7 fully saturated rings. The number of carbonyl (C=O) groups is 1. The predicted octanol–water partition coefficient (Wildman–Crippen LogP) is 3.78. The normalized spacial score (nSPS) is 44.7. The fourth-order valence-electron chi connectivity index (χ4n) is 9.34. The van der Waals surface area contributed by atoms with Crippen LogP contribution in [0.2, 0.25) is 0 Å². The molecule has 1 aromatic carbocycles. The van der Waals surface area contributed by atoms with Crippen LogP contribution in [0.3, 0.4) is 0 Å². The molecule has 0 spiro atoms. The number of benzene rings is 1. The maximum atomic E-state index is 13.8. The number of hydrogen-bond acceptors (Lipinski definition) is 7. The lowest BCUT2D eigenvalue weighted by atomic mass is 9.42. The largest absolute Gasteiger partial charge is 0.744 e. The Kier molecular flexibility index (Phi) is 4.88. The number of aryl methyl sites for hydroxylation is 1. The molecule has 3 saturated carbocycles. The van der Waals surface area contributed by atoms with Crippen LogP contribution in [0.25, 0.3) is 0 Å². The highest BCUT2D eigenvalue weighted by Gasteiger charge is 2.72. The number of rotatable bonds is 4. The minimum Gasteiger partial charge on any atom is -0.744 e. The molecule has 8 rings (SSSR count). The summed E-state index contributed by atoms with van der Waals surface area (Å²) in [5.41, 5.74) is 0.877. The fourth-order valence-corrected chi connectivity index (χ4v) is 10.2. The molecule has 4 saturated heterocycles. The summed E-state index contributed by atoms with van der Waals surface area (Å²) in [6.45, 7) is 5.35. The number of hydrogen-bond donors (Lipinski definition) is 0. The first-order valence-electron chi connectivity index (χ1n) is 13.3. The van der Waals surface area contributed by atoms with E-state index in [4.69, 9.17) is 14.2 Å². The van der Waals surface area contributed by atoms with Crippen molar-refractivity contribution in [1.29, 1.82) is 0 Å². The van der Waals surface area contributed by atoms with Crippen LogP contribution in [0.1, 0.15) is 63.0 Å². The van der Waals surface area contributed by atoms with Gasteiger partial charge in [-0.1, -0.05) is 13.8 Å². The van der Waals surface area contributed by atoms with Crippen LogP contribution in [0.4, 0.5) is 0 Å². The zero-order valence-corrected chi connectivity index (χ0v) is 21.2. The number of fused-ring (bicyclic) bond motifs is 5. The number of ether oxygens (including phenoxy) is 3. The van der Waals surface area contributed by atoms with Gasteiger partial charge in [0.25, 0.3) is 0 Å². The van der Waals surface area contributed by atoms with Gasteiger partial charge in [0.1, 0.15) is 15.9 Å². The molecular weight excluding hydrogens is 468 g/mol. The molecule has 0 amide bonds. The van der Waals surface area contributed by atoms with E-state index in [2.05, 4.69) is 0 Å². The predicted molar refractivity (Wildman–Crippen MR) is 124 cm³/mol. The molecule has 4 aliphatic heterocycles. The monoisotopic (exact) mass is 501 g/mol. The van der Waals surface area contributed by atoms with E-state index in [0.29, 0.717) is 58.7 Å². The minimum absolute atomic E-state index is 0.196. The Morgan fingerprint density at radius 1 is 0.943 bits per heavy atom. The average molecular weight is 502 g/mol. The SMILES string of the molecule is Cc1cc(S(=O)(=O)[O-])c(C(C)C)cc1OC(=O)C1CC2C3C4CCC(O4)C3C1C1C3CCC(O3)C21. The summed E-state index contributed by atoms with van der Waals surface area (Å²) in [5, 5.41) is 0. The molecule has 7 nitrogen and oxygen atoms in total. The molecule has 0 aromatic heterocycles. The van der Waals surface area contributed by atoms with Crippen molar-refractivity contribution < 1.29 is 32.0 Å². The van der Waals surface area contributed by atoms with E-state index < -0.39 is 10.1 Å². The Bertz CT molecular complexity index is 1160. The molecule has 9 atom stereocenters. The standard InChI is InChI=1S/C27H34O7S/c1-11(2)13-10-20(12(3)8-21(13)35(29,30)31)34-27(28)15-9-14-22-16-4-6-18(32-16)25(22)24(15)26-19-7-5-17(33-19)23(14)26/h8,10-11,14-19,22-26H,4-7,9H2,1-3H3,(H,29,30,31)/p-1. The van der Waals surface area contributed by atoms with Crippen LogP contribution in [-0.4, -0.2) is 43.4 Å². The van der Waals surface area contributed by atoms with Crippen molar-refractivity contribution >= 4 is 16.1 Å². The van der Waals surface area contributed by atoms with Gasteiger partial charge < -0.3 is 18.8 Å². The molecule has 8 heteroatoms. The molecular formula is C27H33O7S-. The molecule has 3 aliphatic carbocycles. The lowest BCUT2D eigenvalue weighted by Crippen LogP contribution is -2.62. The van der Waals surface area contributed by atoms with Crippen molar-refractivity contribution in [1.82, 2.24) is 0 Å². The van der Waals surface area contributed by atoms with Gasteiger partial charge in [-0.3, -0.25) is 4.79 Å². The summed E-state index contributed by atoms with van der Waals surface area (Å²) in [4.78, 5) is 13.5. The van der Waals surface area contributed by atoms with Gasteiger partial charge in [-0.25, -0.2) is 8.42 Å². The highest BCUT2D eigenvalue weighted by molar-refractivity contribution is 7.85. The van der Waals surface area contributed by atoms with E-state index in [1.54, 1.807) is 13.0 Å². The van der Waals surface area contributed by atoms with Gasteiger partial charge in [0.05, 0.1) is 35.2 Å². The second-order valence-electron chi connectivity index (χ2n) is 12.2. The highest BCUT2D eigenvalue weighted by Crippen LogP contribution is 2.70. The summed E-state index contributed by atoms with van der Waals surface area (Å²) in [6, 6.07) is 2.93. The molecule has 9 unspecified atom stereocenters. The zero-order valence-electron chi connectivity index (χ0n) is 20.4. The second-order valence-corrected chi connectivity index (χ2v) is 13.5. The van der Waals surface area contributed by atoms with E-state index in [-0.39, 0.29) is 40.8 Å². The first-order chi connectivity index (χ1) is 16.6. The molecule has 35 heavy (non-hydrogen) atoms. The van der Waals surface area contributed by atoms with Crippen LogP contribution in [-0.2, 0) is 24.4 Å². The Hall–Kier alpha value is -1.48. The maximum Gasteiger partial charge on any atom is 0.314 e. The van der Waals surface area contributed by atoms with Gasteiger partial charge in [-0.15, -0.1) is 0 Å². The lowest BCUT2D eigenvalue weighted by molar-refractivity contribution is -0.164. The molecule has 6 bridgehead atoms. The van der Waals surface area contributed by atoms with Crippen LogP contribution >= 0.6 is 0 Å². The van der Waals surface area contributed by atoms with Crippen LogP contribution in [0.5, 0.6) is 5.75 Å². The first kappa shape index (κ1) is 22.7. The minimum atomic E-state index is -4.62. The van der Waals surface area contributed by atoms with Gasteiger partial charge >= 0.3 is 5.97 Å². The molecule has 0 radical (unpaired) electrons. The Morgan fingerprint density at radius 3 is 2.00 bits per heavy atom. The van der Waals surface area contributed by atoms with Crippen molar-refractivity contribution in [2.45, 2.75) is 88.1 Å². The smallest absolute Gasteiger partial charge is 0.314 e. The van der Waals surface area contributed by atoms with E-state index >= 15 is 0 Å². The Labute approximate surface area is 206 Å². The first-order valence-corrected chi connectivity index (χ1v) is 14.7. The van der Waals surface area contributed by atoms with Gasteiger partial charge in [0.15, 0.2) is 0 Å². The summed E-state index contributed by atoms with van der Waals surface area (Å²) < 4.78 is 54.4. The summed E-state index contributed by atoms with van der Waals surface area (Å²) in [7, 11) is -4.62. The second kappa shape index (κ2) is 7.53. The van der Waals surface area contributed by atoms with Crippen LogP contribution in [0.15, 0.2) is 17.0 Å². The molecule has 190 valence electrons. The van der Waals surface area contributed by atoms with Crippen molar-refractivity contribution in [2.75, 3.05) is 0 Å². The Balaban J connectivity index is 1.22. The third-order valence-electron chi connectivity index (χ3n) is 10.4. The number of esters is 1. The van der Waals surface area contributed by atoms with E-state index in [1.165, 1.54) is 6.07 Å². The maximum absolute atomic E-state index is 13.8. The van der Waals surface area contributed by atoms with E-state index in [9.17, 15) is 17.8 Å². The molecule has 1 aromatic rings. The third kappa shape index (κ3) is 3.12. The van der Waals surface area contributed by atoms with E-state index in [1.807, 2.05) is 13.8 Å². The molecule has 4 heterocycles. The third-order valence-corrected chi connectivity index (χ3v) is 11.2. The van der Waals surface area contributed by atoms with Crippen LogP contribution < -0.4 is 4.74 Å². The zero-order chi connectivity index (χ0) is 24.4. The molecule has 7 aliphatic rings. The molecule has 0 N–H and O–H groups in total. The van der Waals surface area contributed by atoms with Crippen molar-refractivity contribution in [3.8, 4) is 5.75 Å². The average Bonchev–Trinajstić information content (AvgIpc) is 3.60. The van der Waals surface area contributed by atoms with E-state index in [0.717, 1.165) is 32.1 Å². The topological polar surface area (TPSA) is 102 Å². The fraction of sp³-hybridized carbons (Fsp3) is 0.741. The van der Waals surface area contributed by atoms with Gasteiger partial charge in [-0.05, 0) is 104 Å². The summed E-state index contributed by atoms with van der Waals surface area (Å²) >= 11 is 0. The van der Waals surface area contributed by atoms with Gasteiger partial charge in [-0.2, -0.15) is 0 Å². The highest BCUT2D eigenvalue weighted by atomic mass is 32.2. The Morgan fingerprint density at radius 2 is 1.49 bits per heavy atom. The summed E-state index contributed by atoms with van der Waals surface area (Å²) in [5.74, 6) is 2.31. The van der Waals surface area contributed by atoms with Crippen LogP contribution in [0, 0.1) is 48.3 Å². The van der Waals surface area contributed by atoms with Crippen molar-refractivity contribution in [2.24, 2.45) is 41.4 Å². The quantitative estimate of drug-likeness (QED) is 0.351. The number of carbonyl (C=O) groups excluding carboxylic acids is 1. The van der Waals surface area contributed by atoms with Gasteiger partial charge in [0, 0.05) is 0 Å². The van der Waals surface area contributed by atoms with Gasteiger partial charge in [0.2, 0.25) is 0 Å².